The normalized spacial score (nSPS) is 12.1. The largest absolute Gasteiger partial charge is 0.455 e. The predicted molar refractivity (Wildman–Crippen MR) is 81.9 cm³/mol. The van der Waals surface area contributed by atoms with Crippen molar-refractivity contribution in [1.82, 2.24) is 9.78 Å². The number of ether oxygens (including phenoxy) is 1. The van der Waals surface area contributed by atoms with Crippen molar-refractivity contribution in [3.8, 4) is 0 Å². The Morgan fingerprint density at radius 3 is 2.86 bits per heavy atom. The zero-order valence-corrected chi connectivity index (χ0v) is 12.7. The molecule has 1 unspecified atom stereocenters. The van der Waals surface area contributed by atoms with E-state index in [9.17, 15) is 4.79 Å². The molecule has 0 radical (unpaired) electrons. The second-order valence-electron chi connectivity index (χ2n) is 5.16. The quantitative estimate of drug-likeness (QED) is 0.677. The minimum absolute atomic E-state index is 0.149. The summed E-state index contributed by atoms with van der Waals surface area (Å²) < 4.78 is 7.19. The molecule has 0 fully saturated rings. The number of esters is 1. The molecule has 0 aliphatic heterocycles. The van der Waals surface area contributed by atoms with Gasteiger partial charge in [0.2, 0.25) is 0 Å². The number of benzene rings is 1. The SMILES string of the molecule is CCC(C)n1ccc(COC(=O)c2c(C)cccc2N)n1. The van der Waals surface area contributed by atoms with Crippen molar-refractivity contribution in [3.63, 3.8) is 0 Å². The van der Waals surface area contributed by atoms with Gasteiger partial charge in [-0.1, -0.05) is 19.1 Å². The molecule has 2 rings (SSSR count). The smallest absolute Gasteiger partial charge is 0.340 e. The van der Waals surface area contributed by atoms with E-state index in [0.29, 0.717) is 17.3 Å². The molecule has 21 heavy (non-hydrogen) atoms. The molecule has 1 heterocycles. The average Bonchev–Trinajstić information content (AvgIpc) is 2.93. The lowest BCUT2D eigenvalue weighted by Crippen LogP contribution is -2.11. The maximum absolute atomic E-state index is 12.1. The molecule has 0 bridgehead atoms. The topological polar surface area (TPSA) is 70.1 Å². The van der Waals surface area contributed by atoms with Gasteiger partial charge in [0.05, 0.1) is 11.3 Å². The Kier molecular flexibility index (Phi) is 4.62. The molecule has 112 valence electrons. The summed E-state index contributed by atoms with van der Waals surface area (Å²) in [6.07, 6.45) is 2.90. The fourth-order valence-corrected chi connectivity index (χ4v) is 2.07. The van der Waals surface area contributed by atoms with Crippen LogP contribution >= 0.6 is 0 Å². The van der Waals surface area contributed by atoms with Crippen LogP contribution in [0.4, 0.5) is 5.69 Å². The van der Waals surface area contributed by atoms with Gasteiger partial charge < -0.3 is 10.5 Å². The number of hydrogen-bond acceptors (Lipinski definition) is 4. The van der Waals surface area contributed by atoms with Gasteiger partial charge in [-0.15, -0.1) is 0 Å². The van der Waals surface area contributed by atoms with Crippen LogP contribution in [0.2, 0.25) is 0 Å². The van der Waals surface area contributed by atoms with Crippen LogP contribution in [0.1, 0.15) is 47.9 Å². The zero-order chi connectivity index (χ0) is 15.4. The fourth-order valence-electron chi connectivity index (χ4n) is 2.07. The second kappa shape index (κ2) is 6.43. The molecule has 0 spiro atoms. The number of anilines is 1. The highest BCUT2D eigenvalue weighted by Gasteiger charge is 2.15. The van der Waals surface area contributed by atoms with Crippen LogP contribution in [0.25, 0.3) is 0 Å². The first-order valence-corrected chi connectivity index (χ1v) is 7.09. The summed E-state index contributed by atoms with van der Waals surface area (Å²) in [7, 11) is 0. The van der Waals surface area contributed by atoms with Crippen molar-refractivity contribution in [2.45, 2.75) is 39.8 Å². The van der Waals surface area contributed by atoms with E-state index in [1.807, 2.05) is 36.0 Å². The number of nitrogens with two attached hydrogens (primary N) is 1. The van der Waals surface area contributed by atoms with Gasteiger partial charge in [0.15, 0.2) is 0 Å². The third kappa shape index (κ3) is 3.42. The van der Waals surface area contributed by atoms with Gasteiger partial charge in [0.1, 0.15) is 6.61 Å². The van der Waals surface area contributed by atoms with E-state index in [-0.39, 0.29) is 6.61 Å². The Bertz CT molecular complexity index is 614. The Balaban J connectivity index is 2.03. The molecular formula is C16H21N3O2. The number of nitrogen functional groups attached to an aromatic ring is 1. The minimum atomic E-state index is -0.413. The number of aromatic nitrogens is 2. The Morgan fingerprint density at radius 1 is 1.43 bits per heavy atom. The van der Waals surface area contributed by atoms with Crippen molar-refractivity contribution in [2.24, 2.45) is 0 Å². The summed E-state index contributed by atoms with van der Waals surface area (Å²) in [6.45, 7) is 6.18. The van der Waals surface area contributed by atoms with Gasteiger partial charge in [-0.25, -0.2) is 4.79 Å². The number of hydrogen-bond donors (Lipinski definition) is 1. The van der Waals surface area contributed by atoms with E-state index in [2.05, 4.69) is 18.9 Å². The van der Waals surface area contributed by atoms with Crippen LogP contribution in [-0.2, 0) is 11.3 Å². The van der Waals surface area contributed by atoms with Crippen LogP contribution in [0, 0.1) is 6.92 Å². The van der Waals surface area contributed by atoms with Crippen LogP contribution < -0.4 is 5.73 Å². The van der Waals surface area contributed by atoms with Gasteiger partial charge in [-0.2, -0.15) is 5.10 Å². The molecule has 0 saturated carbocycles. The van der Waals surface area contributed by atoms with E-state index >= 15 is 0 Å². The summed E-state index contributed by atoms with van der Waals surface area (Å²) in [4.78, 5) is 12.1. The van der Waals surface area contributed by atoms with E-state index in [1.54, 1.807) is 6.07 Å². The molecule has 2 aromatic rings. The highest BCUT2D eigenvalue weighted by Crippen LogP contribution is 2.18. The first-order chi connectivity index (χ1) is 10.0. The molecule has 0 amide bonds. The first-order valence-electron chi connectivity index (χ1n) is 7.09. The predicted octanol–water partition coefficient (Wildman–Crippen LogP) is 3.10. The van der Waals surface area contributed by atoms with Crippen molar-refractivity contribution in [1.29, 1.82) is 0 Å². The van der Waals surface area contributed by atoms with Crippen molar-refractivity contribution in [3.05, 3.63) is 47.3 Å². The second-order valence-corrected chi connectivity index (χ2v) is 5.16. The Morgan fingerprint density at radius 2 is 2.19 bits per heavy atom. The van der Waals surface area contributed by atoms with E-state index in [1.165, 1.54) is 0 Å². The standard InChI is InChI=1S/C16H21N3O2/c1-4-12(3)19-9-8-13(18-19)10-21-16(20)15-11(2)6-5-7-14(15)17/h5-9,12H,4,10,17H2,1-3H3. The van der Waals surface area contributed by atoms with Gasteiger partial charge in [0.25, 0.3) is 0 Å². The van der Waals surface area contributed by atoms with Crippen molar-refractivity contribution < 1.29 is 9.53 Å². The molecule has 5 heteroatoms. The number of carbonyl (C=O) groups is 1. The van der Waals surface area contributed by atoms with E-state index in [4.69, 9.17) is 10.5 Å². The number of carbonyl (C=O) groups excluding carboxylic acids is 1. The number of nitrogens with zero attached hydrogens (tertiary/aromatic N) is 2. The van der Waals surface area contributed by atoms with Crippen molar-refractivity contribution >= 4 is 11.7 Å². The zero-order valence-electron chi connectivity index (χ0n) is 12.7. The molecule has 0 saturated heterocycles. The van der Waals surface area contributed by atoms with Crippen LogP contribution in [-0.4, -0.2) is 15.7 Å². The molecule has 2 N–H and O–H groups in total. The molecule has 1 atom stereocenters. The van der Waals surface area contributed by atoms with Crippen LogP contribution in [0.5, 0.6) is 0 Å². The van der Waals surface area contributed by atoms with E-state index < -0.39 is 5.97 Å². The molecule has 0 aliphatic rings. The van der Waals surface area contributed by atoms with Crippen LogP contribution in [0.3, 0.4) is 0 Å². The number of aryl methyl sites for hydroxylation is 1. The van der Waals surface area contributed by atoms with Gasteiger partial charge in [-0.3, -0.25) is 4.68 Å². The maximum atomic E-state index is 12.1. The number of rotatable bonds is 5. The Hall–Kier alpha value is -2.30. The summed E-state index contributed by atoms with van der Waals surface area (Å²) in [5.74, 6) is -0.413. The van der Waals surface area contributed by atoms with Crippen LogP contribution in [0.15, 0.2) is 30.5 Å². The summed E-state index contributed by atoms with van der Waals surface area (Å²) in [5, 5.41) is 4.40. The third-order valence-electron chi connectivity index (χ3n) is 3.57. The molecular weight excluding hydrogens is 266 g/mol. The minimum Gasteiger partial charge on any atom is -0.455 e. The summed E-state index contributed by atoms with van der Waals surface area (Å²) in [6, 6.07) is 7.54. The van der Waals surface area contributed by atoms with E-state index in [0.717, 1.165) is 17.7 Å². The highest BCUT2D eigenvalue weighted by molar-refractivity contribution is 5.96. The lowest BCUT2D eigenvalue weighted by Gasteiger charge is -2.09. The first kappa shape index (κ1) is 15.1. The third-order valence-corrected chi connectivity index (χ3v) is 3.57. The molecule has 5 nitrogen and oxygen atoms in total. The molecule has 0 aliphatic carbocycles. The van der Waals surface area contributed by atoms with Crippen molar-refractivity contribution in [2.75, 3.05) is 5.73 Å². The lowest BCUT2D eigenvalue weighted by molar-refractivity contribution is 0.0467. The van der Waals surface area contributed by atoms with Gasteiger partial charge in [0, 0.05) is 17.9 Å². The van der Waals surface area contributed by atoms with Gasteiger partial charge in [-0.05, 0) is 38.0 Å². The highest BCUT2D eigenvalue weighted by atomic mass is 16.5. The lowest BCUT2D eigenvalue weighted by atomic mass is 10.1. The molecule has 1 aromatic carbocycles. The average molecular weight is 287 g/mol. The Labute approximate surface area is 124 Å². The summed E-state index contributed by atoms with van der Waals surface area (Å²) >= 11 is 0. The molecule has 1 aromatic heterocycles. The monoisotopic (exact) mass is 287 g/mol. The van der Waals surface area contributed by atoms with Gasteiger partial charge >= 0.3 is 5.97 Å². The fraction of sp³-hybridized carbons (Fsp3) is 0.375. The maximum Gasteiger partial charge on any atom is 0.340 e. The summed E-state index contributed by atoms with van der Waals surface area (Å²) in [5.41, 5.74) is 8.24.